The van der Waals surface area contributed by atoms with E-state index >= 15 is 0 Å². The Kier molecular flexibility index (Phi) is 5.29. The van der Waals surface area contributed by atoms with Crippen LogP contribution in [-0.4, -0.2) is 11.4 Å². The van der Waals surface area contributed by atoms with E-state index in [0.717, 1.165) is 13.0 Å². The van der Waals surface area contributed by atoms with Crippen LogP contribution in [0.15, 0.2) is 12.1 Å². The van der Waals surface area contributed by atoms with Gasteiger partial charge in [-0.2, -0.15) is 0 Å². The summed E-state index contributed by atoms with van der Waals surface area (Å²) < 4.78 is 0. The van der Waals surface area contributed by atoms with E-state index in [2.05, 4.69) is 38.2 Å². The van der Waals surface area contributed by atoms with Gasteiger partial charge >= 0.3 is 0 Å². The molecule has 1 N–H and O–H groups in total. The summed E-state index contributed by atoms with van der Waals surface area (Å²) in [7, 11) is 0. The van der Waals surface area contributed by atoms with Crippen LogP contribution in [0, 0.1) is 20.8 Å². The molecule has 0 bridgehead atoms. The molecule has 0 aromatic heterocycles. The minimum Gasteiger partial charge on any atom is -0.308 e. The van der Waals surface area contributed by atoms with Crippen molar-refractivity contribution in [1.82, 2.24) is 5.32 Å². The largest absolute Gasteiger partial charge is 0.308 e. The van der Waals surface area contributed by atoms with Crippen LogP contribution in [0.4, 0.5) is 0 Å². The molecular weight excluding hydrogens is 254 g/mol. The molecule has 2 heteroatoms. The second-order valence-corrected chi connectivity index (χ2v) is 6.58. The summed E-state index contributed by atoms with van der Waals surface area (Å²) in [6, 6.07) is 5.02. The second kappa shape index (κ2) is 6.76. The lowest BCUT2D eigenvalue weighted by Gasteiger charge is -2.22. The standard InChI is InChI=1S/C17H26ClN/c1-12-9-13(2)15(14(3)10-12)11-19-17-8-6-4-5-7-16(17)18/h9-10,16-17,19H,4-8,11H2,1-3H3. The maximum absolute atomic E-state index is 6.50. The maximum Gasteiger partial charge on any atom is 0.0489 e. The zero-order valence-corrected chi connectivity index (χ0v) is 13.2. The van der Waals surface area contributed by atoms with Gasteiger partial charge in [-0.25, -0.2) is 0 Å². The molecule has 1 aliphatic carbocycles. The second-order valence-electron chi connectivity index (χ2n) is 6.02. The van der Waals surface area contributed by atoms with Crippen molar-refractivity contribution >= 4 is 11.6 Å². The average Bonchev–Trinajstić information content (AvgIpc) is 2.53. The molecule has 1 nitrogen and oxygen atoms in total. The number of halogens is 1. The lowest BCUT2D eigenvalue weighted by atomic mass is 9.99. The van der Waals surface area contributed by atoms with Crippen molar-refractivity contribution in [3.05, 3.63) is 34.4 Å². The van der Waals surface area contributed by atoms with Gasteiger partial charge in [-0.3, -0.25) is 0 Å². The van der Waals surface area contributed by atoms with Crippen molar-refractivity contribution in [2.75, 3.05) is 0 Å². The first-order valence-corrected chi connectivity index (χ1v) is 7.95. The van der Waals surface area contributed by atoms with E-state index in [1.54, 1.807) is 0 Å². The highest BCUT2D eigenvalue weighted by Gasteiger charge is 2.21. The van der Waals surface area contributed by atoms with E-state index in [1.165, 1.54) is 47.9 Å². The van der Waals surface area contributed by atoms with E-state index in [4.69, 9.17) is 11.6 Å². The third-order valence-electron chi connectivity index (χ3n) is 4.31. The van der Waals surface area contributed by atoms with Crippen LogP contribution in [-0.2, 0) is 6.54 Å². The molecule has 2 atom stereocenters. The van der Waals surface area contributed by atoms with Gasteiger partial charge in [0.05, 0.1) is 0 Å². The minimum atomic E-state index is 0.300. The van der Waals surface area contributed by atoms with E-state index in [9.17, 15) is 0 Å². The smallest absolute Gasteiger partial charge is 0.0489 e. The molecule has 1 saturated carbocycles. The van der Waals surface area contributed by atoms with Crippen molar-refractivity contribution in [3.8, 4) is 0 Å². The first kappa shape index (κ1) is 14.9. The van der Waals surface area contributed by atoms with Crippen LogP contribution < -0.4 is 5.32 Å². The highest BCUT2D eigenvalue weighted by molar-refractivity contribution is 6.21. The van der Waals surface area contributed by atoms with Gasteiger partial charge in [-0.05, 0) is 50.3 Å². The summed E-state index contributed by atoms with van der Waals surface area (Å²) in [5, 5.41) is 4.00. The number of rotatable bonds is 3. The Labute approximate surface area is 122 Å². The van der Waals surface area contributed by atoms with Crippen molar-refractivity contribution in [2.24, 2.45) is 0 Å². The van der Waals surface area contributed by atoms with Crippen molar-refractivity contribution < 1.29 is 0 Å². The number of aryl methyl sites for hydroxylation is 3. The van der Waals surface area contributed by atoms with Gasteiger partial charge < -0.3 is 5.32 Å². The number of benzene rings is 1. The van der Waals surface area contributed by atoms with Crippen LogP contribution in [0.2, 0.25) is 0 Å². The molecule has 19 heavy (non-hydrogen) atoms. The van der Waals surface area contributed by atoms with Crippen LogP contribution in [0.25, 0.3) is 0 Å². The molecule has 106 valence electrons. The predicted octanol–water partition coefficient (Wildman–Crippen LogP) is 4.64. The molecule has 0 aliphatic heterocycles. The first-order valence-electron chi connectivity index (χ1n) is 7.52. The molecule has 1 aromatic rings. The molecule has 1 aliphatic rings. The zero-order valence-electron chi connectivity index (χ0n) is 12.4. The first-order chi connectivity index (χ1) is 9.08. The van der Waals surface area contributed by atoms with Crippen LogP contribution >= 0.6 is 11.6 Å². The molecule has 2 unspecified atom stereocenters. The van der Waals surface area contributed by atoms with Gasteiger partial charge in [-0.1, -0.05) is 37.0 Å². The van der Waals surface area contributed by atoms with Gasteiger partial charge in [0.2, 0.25) is 0 Å². The molecular formula is C17H26ClN. The third-order valence-corrected chi connectivity index (χ3v) is 4.84. The summed E-state index contributed by atoms with van der Waals surface area (Å²) in [6.07, 6.45) is 6.31. The monoisotopic (exact) mass is 279 g/mol. The topological polar surface area (TPSA) is 12.0 Å². The lowest BCUT2D eigenvalue weighted by molar-refractivity contribution is 0.463. The van der Waals surface area contributed by atoms with Gasteiger partial charge in [0.1, 0.15) is 0 Å². The predicted molar refractivity (Wildman–Crippen MR) is 84.0 cm³/mol. The fourth-order valence-electron chi connectivity index (χ4n) is 3.21. The van der Waals surface area contributed by atoms with Gasteiger partial charge in [0, 0.05) is 18.0 Å². The zero-order chi connectivity index (χ0) is 13.8. The molecule has 0 spiro atoms. The average molecular weight is 280 g/mol. The Morgan fingerprint density at radius 2 is 1.68 bits per heavy atom. The Hall–Kier alpha value is -0.530. The van der Waals surface area contributed by atoms with Crippen molar-refractivity contribution in [1.29, 1.82) is 0 Å². The molecule has 2 rings (SSSR count). The Morgan fingerprint density at radius 3 is 2.37 bits per heavy atom. The molecule has 1 fully saturated rings. The van der Waals surface area contributed by atoms with Crippen molar-refractivity contribution in [3.63, 3.8) is 0 Å². The van der Waals surface area contributed by atoms with E-state index in [0.29, 0.717) is 11.4 Å². The fourth-order valence-corrected chi connectivity index (χ4v) is 3.58. The Bertz CT molecular complexity index is 404. The quantitative estimate of drug-likeness (QED) is 0.628. The summed E-state index contributed by atoms with van der Waals surface area (Å²) >= 11 is 6.50. The Balaban J connectivity index is 2.01. The normalized spacial score (nSPS) is 24.2. The molecule has 0 radical (unpaired) electrons. The van der Waals surface area contributed by atoms with E-state index in [1.807, 2.05) is 0 Å². The highest BCUT2D eigenvalue weighted by Crippen LogP contribution is 2.23. The number of hydrogen-bond acceptors (Lipinski definition) is 1. The minimum absolute atomic E-state index is 0.300. The summed E-state index contributed by atoms with van der Waals surface area (Å²) in [5.41, 5.74) is 5.58. The fraction of sp³-hybridized carbons (Fsp3) is 0.647. The lowest BCUT2D eigenvalue weighted by Crippen LogP contribution is -2.36. The summed E-state index contributed by atoms with van der Waals surface area (Å²) in [4.78, 5) is 0. The van der Waals surface area contributed by atoms with Crippen LogP contribution in [0.5, 0.6) is 0 Å². The summed E-state index contributed by atoms with van der Waals surface area (Å²) in [5.74, 6) is 0. The van der Waals surface area contributed by atoms with Crippen LogP contribution in [0.3, 0.4) is 0 Å². The maximum atomic E-state index is 6.50. The van der Waals surface area contributed by atoms with Crippen LogP contribution in [0.1, 0.15) is 54.4 Å². The molecule has 0 heterocycles. The number of alkyl halides is 1. The summed E-state index contributed by atoms with van der Waals surface area (Å²) in [6.45, 7) is 7.54. The Morgan fingerprint density at radius 1 is 1.05 bits per heavy atom. The highest BCUT2D eigenvalue weighted by atomic mass is 35.5. The van der Waals surface area contributed by atoms with E-state index < -0.39 is 0 Å². The number of nitrogens with one attached hydrogen (secondary N) is 1. The van der Waals surface area contributed by atoms with Gasteiger partial charge in [0.15, 0.2) is 0 Å². The third kappa shape index (κ3) is 3.97. The number of hydrogen-bond donors (Lipinski definition) is 1. The van der Waals surface area contributed by atoms with Crippen molar-refractivity contribution in [2.45, 2.75) is 70.8 Å². The van der Waals surface area contributed by atoms with Gasteiger partial charge in [0.25, 0.3) is 0 Å². The molecule has 0 amide bonds. The molecule has 1 aromatic carbocycles. The SMILES string of the molecule is Cc1cc(C)c(CNC2CCCCCC2Cl)c(C)c1. The van der Waals surface area contributed by atoms with Gasteiger partial charge in [-0.15, -0.1) is 11.6 Å². The molecule has 0 saturated heterocycles. The van der Waals surface area contributed by atoms with E-state index in [-0.39, 0.29) is 0 Å².